The number of primary amides is 1. The van der Waals surface area contributed by atoms with Crippen LogP contribution in [-0.2, 0) is 11.0 Å². The Bertz CT molecular complexity index is 982. The summed E-state index contributed by atoms with van der Waals surface area (Å²) in [7, 11) is 0. The maximum absolute atomic E-state index is 13.3. The number of nitrogens with two attached hydrogens (primary N) is 1. The Hall–Kier alpha value is -2.85. The largest absolute Gasteiger partial charge is 0.421 e. The summed E-state index contributed by atoms with van der Waals surface area (Å²) in [4.78, 5) is 19.5. The molecule has 2 aromatic rings. The third-order valence-corrected chi connectivity index (χ3v) is 5.75. The van der Waals surface area contributed by atoms with Crippen molar-refractivity contribution in [2.24, 2.45) is 11.1 Å². The molecule has 2 aliphatic rings. The molecule has 1 amide bonds. The number of nitrogens with zero attached hydrogens (tertiary/aromatic N) is 4. The number of carbonyl (C=O) groups excluding carboxylic acids is 1. The third kappa shape index (κ3) is 3.60. The number of rotatable bonds is 6. The zero-order valence-corrected chi connectivity index (χ0v) is 16.3. The summed E-state index contributed by atoms with van der Waals surface area (Å²) in [5, 5.41) is 10.2. The molecule has 2 saturated carbocycles. The van der Waals surface area contributed by atoms with Crippen molar-refractivity contribution in [3.63, 3.8) is 0 Å². The van der Waals surface area contributed by atoms with Crippen LogP contribution < -0.4 is 16.4 Å². The summed E-state index contributed by atoms with van der Waals surface area (Å²) in [6.45, 7) is 5.37. The molecule has 0 aliphatic heterocycles. The maximum Gasteiger partial charge on any atom is 0.421 e. The molecule has 4 N–H and O–H groups in total. The molecule has 11 heteroatoms. The van der Waals surface area contributed by atoms with E-state index in [1.54, 1.807) is 24.7 Å². The Labute approximate surface area is 165 Å². The van der Waals surface area contributed by atoms with Crippen LogP contribution in [0.2, 0.25) is 0 Å². The molecular formula is C18H22F3N7O. The van der Waals surface area contributed by atoms with E-state index in [1.165, 1.54) is 0 Å². The predicted octanol–water partition coefficient (Wildman–Crippen LogP) is 3.14. The van der Waals surface area contributed by atoms with Crippen molar-refractivity contribution in [1.82, 2.24) is 19.7 Å². The van der Waals surface area contributed by atoms with Crippen LogP contribution in [0.15, 0.2) is 12.4 Å². The van der Waals surface area contributed by atoms with E-state index < -0.39 is 17.2 Å². The smallest absolute Gasteiger partial charge is 0.369 e. The van der Waals surface area contributed by atoms with Crippen LogP contribution in [0, 0.1) is 12.3 Å². The average molecular weight is 409 g/mol. The number of amides is 1. The number of halogens is 3. The molecule has 2 aromatic heterocycles. The van der Waals surface area contributed by atoms with E-state index in [0.29, 0.717) is 17.8 Å². The molecule has 29 heavy (non-hydrogen) atoms. The van der Waals surface area contributed by atoms with Gasteiger partial charge in [-0.3, -0.25) is 9.48 Å². The van der Waals surface area contributed by atoms with Crippen LogP contribution in [-0.4, -0.2) is 31.2 Å². The Morgan fingerprint density at radius 3 is 2.59 bits per heavy atom. The quantitative estimate of drug-likeness (QED) is 0.676. The Morgan fingerprint density at radius 2 is 2.03 bits per heavy atom. The van der Waals surface area contributed by atoms with Crippen molar-refractivity contribution in [3.05, 3.63) is 23.7 Å². The number of aryl methyl sites for hydroxylation is 1. The molecular weight excluding hydrogens is 387 g/mol. The second-order valence-corrected chi connectivity index (χ2v) is 8.37. The normalized spacial score (nSPS) is 24.8. The number of carbonyl (C=O) groups is 1. The molecule has 0 saturated heterocycles. The highest BCUT2D eigenvalue weighted by Crippen LogP contribution is 2.55. The number of anilines is 3. The minimum absolute atomic E-state index is 0.0286. The number of nitrogens with one attached hydrogen (secondary N) is 2. The van der Waals surface area contributed by atoms with Crippen molar-refractivity contribution in [1.29, 1.82) is 0 Å². The van der Waals surface area contributed by atoms with Gasteiger partial charge in [-0.1, -0.05) is 0 Å². The van der Waals surface area contributed by atoms with Gasteiger partial charge in [-0.2, -0.15) is 23.3 Å². The first-order valence-electron chi connectivity index (χ1n) is 9.26. The van der Waals surface area contributed by atoms with E-state index in [-0.39, 0.29) is 29.3 Å². The molecule has 0 bridgehead atoms. The van der Waals surface area contributed by atoms with E-state index in [9.17, 15) is 18.0 Å². The molecule has 0 unspecified atom stereocenters. The molecule has 156 valence electrons. The molecule has 0 radical (unpaired) electrons. The molecule has 2 atom stereocenters. The lowest BCUT2D eigenvalue weighted by Gasteiger charge is -2.18. The van der Waals surface area contributed by atoms with Gasteiger partial charge in [0.15, 0.2) is 0 Å². The Morgan fingerprint density at radius 1 is 1.34 bits per heavy atom. The minimum Gasteiger partial charge on any atom is -0.369 e. The average Bonchev–Trinajstić information content (AvgIpc) is 3.47. The first-order valence-corrected chi connectivity index (χ1v) is 9.26. The van der Waals surface area contributed by atoms with Gasteiger partial charge in [0.2, 0.25) is 11.9 Å². The van der Waals surface area contributed by atoms with Gasteiger partial charge in [-0.05, 0) is 40.0 Å². The molecule has 2 heterocycles. The van der Waals surface area contributed by atoms with E-state index >= 15 is 0 Å². The van der Waals surface area contributed by atoms with E-state index in [4.69, 9.17) is 5.73 Å². The molecule has 8 nitrogen and oxygen atoms in total. The molecule has 2 fully saturated rings. The van der Waals surface area contributed by atoms with Crippen LogP contribution in [0.25, 0.3) is 0 Å². The lowest BCUT2D eigenvalue weighted by molar-refractivity contribution is -0.137. The van der Waals surface area contributed by atoms with Gasteiger partial charge < -0.3 is 16.4 Å². The zero-order valence-electron chi connectivity index (χ0n) is 16.3. The van der Waals surface area contributed by atoms with Gasteiger partial charge >= 0.3 is 6.18 Å². The van der Waals surface area contributed by atoms with Crippen molar-refractivity contribution < 1.29 is 18.0 Å². The fraction of sp³-hybridized carbons (Fsp3) is 0.556. The second-order valence-electron chi connectivity index (χ2n) is 8.37. The first kappa shape index (κ1) is 19.5. The SMILES string of the molecule is Cc1nn([C@@H]2C[C@]2(C)C(N)=O)cc1Nc1ncc(C(F)(F)F)c(NC2(C)CC2)n1. The molecule has 2 aliphatic carbocycles. The van der Waals surface area contributed by atoms with Gasteiger partial charge in [0.05, 0.1) is 22.8 Å². The number of alkyl halides is 3. The summed E-state index contributed by atoms with van der Waals surface area (Å²) in [5.41, 5.74) is 4.67. The Kier molecular flexibility index (Phi) is 4.08. The summed E-state index contributed by atoms with van der Waals surface area (Å²) in [5.74, 6) is -0.607. The summed E-state index contributed by atoms with van der Waals surface area (Å²) >= 11 is 0. The fourth-order valence-corrected chi connectivity index (χ4v) is 3.22. The molecule has 0 spiro atoms. The zero-order chi connectivity index (χ0) is 21.2. The Balaban J connectivity index is 1.58. The summed E-state index contributed by atoms with van der Waals surface area (Å²) in [6.07, 6.45) is 0.0507. The van der Waals surface area contributed by atoms with Crippen LogP contribution >= 0.6 is 0 Å². The fourth-order valence-electron chi connectivity index (χ4n) is 3.22. The van der Waals surface area contributed by atoms with Crippen LogP contribution in [0.3, 0.4) is 0 Å². The van der Waals surface area contributed by atoms with Gasteiger partial charge in [0.25, 0.3) is 0 Å². The van der Waals surface area contributed by atoms with Crippen LogP contribution in [0.5, 0.6) is 0 Å². The lowest BCUT2D eigenvalue weighted by atomic mass is 10.1. The van der Waals surface area contributed by atoms with Crippen molar-refractivity contribution in [3.8, 4) is 0 Å². The van der Waals surface area contributed by atoms with Gasteiger partial charge in [-0.15, -0.1) is 0 Å². The maximum atomic E-state index is 13.3. The monoisotopic (exact) mass is 409 g/mol. The van der Waals surface area contributed by atoms with Crippen molar-refractivity contribution >= 4 is 23.4 Å². The highest BCUT2D eigenvalue weighted by molar-refractivity contribution is 5.84. The highest BCUT2D eigenvalue weighted by Gasteiger charge is 2.57. The standard InChI is InChI=1S/C18H22F3N7O/c1-9-11(8-28(27-9)12-6-17(12,3)14(22)29)24-15-23-7-10(18(19,20)21)13(25-15)26-16(2)4-5-16/h7-8,12H,4-6H2,1-3H3,(H2,22,29)(H2,23,24,25,26)/t12-,17+/m1/s1. The minimum atomic E-state index is -4.56. The number of aromatic nitrogens is 4. The third-order valence-electron chi connectivity index (χ3n) is 5.75. The topological polar surface area (TPSA) is 111 Å². The van der Waals surface area contributed by atoms with Gasteiger partial charge in [0, 0.05) is 17.9 Å². The first-order chi connectivity index (χ1) is 13.4. The summed E-state index contributed by atoms with van der Waals surface area (Å²) < 4.78 is 41.6. The number of hydrogen-bond acceptors (Lipinski definition) is 6. The summed E-state index contributed by atoms with van der Waals surface area (Å²) in [6, 6.07) is -0.144. The van der Waals surface area contributed by atoms with E-state index in [1.807, 2.05) is 6.92 Å². The van der Waals surface area contributed by atoms with Crippen LogP contribution in [0.1, 0.15) is 50.4 Å². The number of hydrogen-bond donors (Lipinski definition) is 3. The van der Waals surface area contributed by atoms with Crippen LogP contribution in [0.4, 0.5) is 30.6 Å². The van der Waals surface area contributed by atoms with Gasteiger partial charge in [0.1, 0.15) is 11.4 Å². The highest BCUT2D eigenvalue weighted by atomic mass is 19.4. The van der Waals surface area contributed by atoms with E-state index in [0.717, 1.165) is 19.0 Å². The second kappa shape index (κ2) is 6.07. The molecule has 4 rings (SSSR count). The van der Waals surface area contributed by atoms with Crippen molar-refractivity contribution in [2.75, 3.05) is 10.6 Å². The molecule has 0 aromatic carbocycles. The van der Waals surface area contributed by atoms with E-state index in [2.05, 4.69) is 25.7 Å². The van der Waals surface area contributed by atoms with Crippen molar-refractivity contribution in [2.45, 2.75) is 57.8 Å². The lowest BCUT2D eigenvalue weighted by Crippen LogP contribution is -2.24. The van der Waals surface area contributed by atoms with Gasteiger partial charge in [-0.25, -0.2) is 4.98 Å². The predicted molar refractivity (Wildman–Crippen MR) is 99.5 cm³/mol.